The van der Waals surface area contributed by atoms with Crippen LogP contribution >= 0.6 is 11.6 Å². The zero-order valence-electron chi connectivity index (χ0n) is 11.0. The standard InChI is InChI=1S/C14H11ClN4O/c1-9-17-13(15)12(8-20)14(18-9)19(2)11-5-3-10(7-16)4-6-11/h3-6,8H,1-2H3. The Bertz CT molecular complexity index is 692. The van der Waals surface area contributed by atoms with Crippen LogP contribution in [0.1, 0.15) is 21.7 Å². The van der Waals surface area contributed by atoms with Crippen LogP contribution in [-0.4, -0.2) is 23.3 Å². The van der Waals surface area contributed by atoms with E-state index in [4.69, 9.17) is 16.9 Å². The summed E-state index contributed by atoms with van der Waals surface area (Å²) in [6.07, 6.45) is 0.636. The van der Waals surface area contributed by atoms with Gasteiger partial charge in [-0.05, 0) is 31.2 Å². The molecule has 0 atom stereocenters. The number of nitrogens with zero attached hydrogens (tertiary/aromatic N) is 4. The summed E-state index contributed by atoms with van der Waals surface area (Å²) in [7, 11) is 1.77. The summed E-state index contributed by atoms with van der Waals surface area (Å²) in [6.45, 7) is 1.70. The molecule has 100 valence electrons. The van der Waals surface area contributed by atoms with Crippen LogP contribution in [0.15, 0.2) is 24.3 Å². The third-order valence-corrected chi connectivity index (χ3v) is 3.10. The molecule has 5 nitrogen and oxygen atoms in total. The molecule has 0 aliphatic rings. The second kappa shape index (κ2) is 5.68. The Hall–Kier alpha value is -2.45. The van der Waals surface area contributed by atoms with Crippen molar-refractivity contribution in [1.82, 2.24) is 9.97 Å². The topological polar surface area (TPSA) is 69.9 Å². The van der Waals surface area contributed by atoms with Crippen LogP contribution < -0.4 is 4.90 Å². The van der Waals surface area contributed by atoms with E-state index in [1.54, 1.807) is 43.1 Å². The lowest BCUT2D eigenvalue weighted by Crippen LogP contribution is -2.15. The van der Waals surface area contributed by atoms with Gasteiger partial charge in [-0.15, -0.1) is 0 Å². The van der Waals surface area contributed by atoms with Gasteiger partial charge in [0.2, 0.25) is 0 Å². The van der Waals surface area contributed by atoms with E-state index in [2.05, 4.69) is 16.0 Å². The summed E-state index contributed by atoms with van der Waals surface area (Å²) in [5, 5.41) is 8.92. The summed E-state index contributed by atoms with van der Waals surface area (Å²) in [5.74, 6) is 0.915. The maximum Gasteiger partial charge on any atom is 0.156 e. The van der Waals surface area contributed by atoms with E-state index in [0.29, 0.717) is 23.5 Å². The Morgan fingerprint density at radius 2 is 1.95 bits per heavy atom. The Labute approximate surface area is 121 Å². The van der Waals surface area contributed by atoms with Crippen molar-refractivity contribution in [1.29, 1.82) is 5.26 Å². The van der Waals surface area contributed by atoms with E-state index in [1.807, 2.05) is 0 Å². The molecular formula is C14H11ClN4O. The first-order chi connectivity index (χ1) is 9.56. The van der Waals surface area contributed by atoms with E-state index in [-0.39, 0.29) is 10.7 Å². The van der Waals surface area contributed by atoms with Crippen LogP contribution in [0.25, 0.3) is 0 Å². The summed E-state index contributed by atoms with van der Waals surface area (Å²) < 4.78 is 0. The number of anilines is 2. The molecule has 0 saturated heterocycles. The van der Waals surface area contributed by atoms with Crippen LogP contribution in [0.2, 0.25) is 5.15 Å². The number of aryl methyl sites for hydroxylation is 1. The lowest BCUT2D eigenvalue weighted by Gasteiger charge is -2.20. The maximum atomic E-state index is 11.2. The molecule has 2 aromatic rings. The monoisotopic (exact) mass is 286 g/mol. The van der Waals surface area contributed by atoms with Gasteiger partial charge in [-0.2, -0.15) is 5.26 Å². The van der Waals surface area contributed by atoms with Crippen LogP contribution in [0.4, 0.5) is 11.5 Å². The average Bonchev–Trinajstić information content (AvgIpc) is 2.46. The fourth-order valence-electron chi connectivity index (χ4n) is 1.77. The van der Waals surface area contributed by atoms with Crippen molar-refractivity contribution in [2.75, 3.05) is 11.9 Å². The first-order valence-corrected chi connectivity index (χ1v) is 6.18. The van der Waals surface area contributed by atoms with Crippen molar-refractivity contribution in [3.05, 3.63) is 46.4 Å². The molecule has 1 aromatic carbocycles. The number of carbonyl (C=O) groups excluding carboxylic acids is 1. The molecule has 20 heavy (non-hydrogen) atoms. The van der Waals surface area contributed by atoms with Gasteiger partial charge in [0.1, 0.15) is 16.8 Å². The molecular weight excluding hydrogens is 276 g/mol. The SMILES string of the molecule is Cc1nc(Cl)c(C=O)c(N(C)c2ccc(C#N)cc2)n1. The van der Waals surface area contributed by atoms with Crippen molar-refractivity contribution < 1.29 is 4.79 Å². The Kier molecular flexibility index (Phi) is 3.97. The first-order valence-electron chi connectivity index (χ1n) is 5.80. The number of benzene rings is 1. The highest BCUT2D eigenvalue weighted by Crippen LogP contribution is 2.27. The summed E-state index contributed by atoms with van der Waals surface area (Å²) in [4.78, 5) is 21.1. The molecule has 0 saturated carbocycles. The quantitative estimate of drug-likeness (QED) is 0.641. The maximum absolute atomic E-state index is 11.2. The molecule has 6 heteroatoms. The van der Waals surface area contributed by atoms with Gasteiger partial charge in [-0.1, -0.05) is 11.6 Å². The summed E-state index contributed by atoms with van der Waals surface area (Å²) in [6, 6.07) is 9.00. The molecule has 2 rings (SSSR count). The van der Waals surface area contributed by atoms with E-state index < -0.39 is 0 Å². The normalized spacial score (nSPS) is 9.90. The second-order valence-corrected chi connectivity index (χ2v) is 4.49. The minimum absolute atomic E-state index is 0.128. The van der Waals surface area contributed by atoms with Gasteiger partial charge in [-0.3, -0.25) is 4.79 Å². The molecule has 0 bridgehead atoms. The molecule has 1 aromatic heterocycles. The predicted molar refractivity (Wildman–Crippen MR) is 76.4 cm³/mol. The van der Waals surface area contributed by atoms with Crippen molar-refractivity contribution in [2.24, 2.45) is 0 Å². The molecule has 0 aliphatic heterocycles. The minimum atomic E-state index is 0.128. The number of hydrogen-bond acceptors (Lipinski definition) is 5. The lowest BCUT2D eigenvalue weighted by molar-refractivity contribution is 0.112. The zero-order valence-corrected chi connectivity index (χ0v) is 11.7. The van der Waals surface area contributed by atoms with Gasteiger partial charge in [0.15, 0.2) is 6.29 Å². The minimum Gasteiger partial charge on any atom is -0.329 e. The van der Waals surface area contributed by atoms with Crippen LogP contribution in [0, 0.1) is 18.3 Å². The van der Waals surface area contributed by atoms with Gasteiger partial charge < -0.3 is 4.90 Å². The van der Waals surface area contributed by atoms with Gasteiger partial charge in [-0.25, -0.2) is 9.97 Å². The molecule has 0 spiro atoms. The van der Waals surface area contributed by atoms with E-state index in [9.17, 15) is 4.79 Å². The van der Waals surface area contributed by atoms with Gasteiger partial charge in [0.05, 0.1) is 17.2 Å². The second-order valence-electron chi connectivity index (χ2n) is 4.13. The van der Waals surface area contributed by atoms with E-state index in [0.717, 1.165) is 5.69 Å². The predicted octanol–water partition coefficient (Wildman–Crippen LogP) is 2.89. The highest BCUT2D eigenvalue weighted by Gasteiger charge is 2.16. The third kappa shape index (κ3) is 2.60. The van der Waals surface area contributed by atoms with E-state index >= 15 is 0 Å². The number of halogens is 1. The Balaban J connectivity index is 2.49. The highest BCUT2D eigenvalue weighted by molar-refractivity contribution is 6.32. The fourth-order valence-corrected chi connectivity index (χ4v) is 2.02. The number of aldehydes is 1. The molecule has 0 amide bonds. The van der Waals surface area contributed by atoms with Crippen molar-refractivity contribution >= 4 is 29.4 Å². The zero-order chi connectivity index (χ0) is 14.7. The summed E-state index contributed by atoms with van der Waals surface area (Å²) in [5.41, 5.74) is 1.60. The van der Waals surface area contributed by atoms with Gasteiger partial charge in [0.25, 0.3) is 0 Å². The van der Waals surface area contributed by atoms with Gasteiger partial charge >= 0.3 is 0 Å². The highest BCUT2D eigenvalue weighted by atomic mass is 35.5. The number of carbonyl (C=O) groups is 1. The first kappa shape index (κ1) is 14.0. The molecule has 0 N–H and O–H groups in total. The van der Waals surface area contributed by atoms with Crippen LogP contribution in [0.3, 0.4) is 0 Å². The van der Waals surface area contributed by atoms with E-state index in [1.165, 1.54) is 0 Å². The van der Waals surface area contributed by atoms with Crippen molar-refractivity contribution in [2.45, 2.75) is 6.92 Å². The Morgan fingerprint density at radius 1 is 1.30 bits per heavy atom. The molecule has 0 radical (unpaired) electrons. The third-order valence-electron chi connectivity index (χ3n) is 2.81. The van der Waals surface area contributed by atoms with Gasteiger partial charge in [0, 0.05) is 12.7 Å². The number of nitriles is 1. The molecule has 1 heterocycles. The van der Waals surface area contributed by atoms with Crippen LogP contribution in [0.5, 0.6) is 0 Å². The Morgan fingerprint density at radius 3 is 2.50 bits per heavy atom. The number of rotatable bonds is 3. The molecule has 0 unspecified atom stereocenters. The molecule has 0 aliphatic carbocycles. The number of hydrogen-bond donors (Lipinski definition) is 0. The fraction of sp³-hybridized carbons (Fsp3) is 0.143. The smallest absolute Gasteiger partial charge is 0.156 e. The average molecular weight is 287 g/mol. The number of aromatic nitrogens is 2. The van der Waals surface area contributed by atoms with Crippen LogP contribution in [-0.2, 0) is 0 Å². The van der Waals surface area contributed by atoms with Crippen molar-refractivity contribution in [3.8, 4) is 6.07 Å². The van der Waals surface area contributed by atoms with Crippen molar-refractivity contribution in [3.63, 3.8) is 0 Å². The summed E-state index contributed by atoms with van der Waals surface area (Å²) >= 11 is 5.96. The largest absolute Gasteiger partial charge is 0.329 e. The lowest BCUT2D eigenvalue weighted by atomic mass is 10.2. The molecule has 0 fully saturated rings.